The number of carboxylic acids is 1. The predicted molar refractivity (Wildman–Crippen MR) is 57.1 cm³/mol. The van der Waals surface area contributed by atoms with Crippen LogP contribution in [0, 0.1) is 0 Å². The van der Waals surface area contributed by atoms with Crippen LogP contribution < -0.4 is 10.0 Å². The third-order valence-corrected chi connectivity index (χ3v) is 2.17. The molecular formula is C8H16N2O4S. The fourth-order valence-electron chi connectivity index (χ4n) is 0.872. The molecule has 0 saturated heterocycles. The van der Waals surface area contributed by atoms with Gasteiger partial charge in [0, 0.05) is 25.7 Å². The van der Waals surface area contributed by atoms with E-state index in [1.54, 1.807) is 6.92 Å². The van der Waals surface area contributed by atoms with E-state index in [-0.39, 0.29) is 0 Å². The molecule has 0 fully saturated rings. The van der Waals surface area contributed by atoms with Gasteiger partial charge in [-0.15, -0.1) is 0 Å². The van der Waals surface area contributed by atoms with Crippen LogP contribution in [0.25, 0.3) is 0 Å². The monoisotopic (exact) mass is 236 g/mol. The largest absolute Gasteiger partial charge is 0.478 e. The van der Waals surface area contributed by atoms with Gasteiger partial charge in [-0.1, -0.05) is 5.57 Å². The van der Waals surface area contributed by atoms with Gasteiger partial charge in [0.25, 0.3) is 0 Å². The molecule has 7 heteroatoms. The zero-order chi connectivity index (χ0) is 11.9. The number of nitrogens with one attached hydrogen (secondary N) is 2. The van der Waals surface area contributed by atoms with E-state index in [4.69, 9.17) is 5.11 Å². The van der Waals surface area contributed by atoms with Gasteiger partial charge < -0.3 is 10.4 Å². The molecule has 3 N–H and O–H groups in total. The molecule has 0 spiro atoms. The van der Waals surface area contributed by atoms with Crippen molar-refractivity contribution in [2.75, 3.05) is 25.9 Å². The van der Waals surface area contributed by atoms with Crippen molar-refractivity contribution in [2.45, 2.75) is 6.92 Å². The van der Waals surface area contributed by atoms with Crippen molar-refractivity contribution in [1.29, 1.82) is 0 Å². The van der Waals surface area contributed by atoms with Crippen LogP contribution in [-0.2, 0) is 14.8 Å². The van der Waals surface area contributed by atoms with Gasteiger partial charge in [0.2, 0.25) is 10.0 Å². The summed E-state index contributed by atoms with van der Waals surface area (Å²) in [5, 5.41) is 11.3. The first-order valence-electron chi connectivity index (χ1n) is 4.37. The molecule has 88 valence electrons. The maximum absolute atomic E-state index is 10.6. The lowest BCUT2D eigenvalue weighted by Crippen LogP contribution is -2.31. The summed E-state index contributed by atoms with van der Waals surface area (Å²) in [6.45, 7) is 2.86. The molecule has 0 saturated carbocycles. The zero-order valence-corrected chi connectivity index (χ0v) is 9.60. The lowest BCUT2D eigenvalue weighted by atomic mass is 10.3. The van der Waals surface area contributed by atoms with Crippen LogP contribution in [0.5, 0.6) is 0 Å². The van der Waals surface area contributed by atoms with Crippen molar-refractivity contribution in [3.8, 4) is 0 Å². The van der Waals surface area contributed by atoms with Gasteiger partial charge in [-0.25, -0.2) is 17.9 Å². The highest BCUT2D eigenvalue weighted by atomic mass is 32.2. The summed E-state index contributed by atoms with van der Waals surface area (Å²) in [6.07, 6.45) is 2.19. The molecule has 0 unspecified atom stereocenters. The normalized spacial score (nSPS) is 12.8. The predicted octanol–water partition coefficient (Wildman–Crippen LogP) is -0.844. The smallest absolute Gasteiger partial charge is 0.328 e. The first-order chi connectivity index (χ1) is 6.81. The maximum atomic E-state index is 10.6. The second-order valence-corrected chi connectivity index (χ2v) is 5.01. The topological polar surface area (TPSA) is 95.5 Å². The zero-order valence-electron chi connectivity index (χ0n) is 8.78. The summed E-state index contributed by atoms with van der Waals surface area (Å²) in [5.41, 5.74) is 0.682. The van der Waals surface area contributed by atoms with E-state index in [2.05, 4.69) is 10.0 Å². The van der Waals surface area contributed by atoms with Crippen molar-refractivity contribution in [2.24, 2.45) is 0 Å². The summed E-state index contributed by atoms with van der Waals surface area (Å²) < 4.78 is 23.6. The number of carboxylic acid groups (broad SMARTS) is 1. The third-order valence-electron chi connectivity index (χ3n) is 1.44. The molecule has 0 aromatic carbocycles. The summed E-state index contributed by atoms with van der Waals surface area (Å²) in [4.78, 5) is 10.2. The first-order valence-corrected chi connectivity index (χ1v) is 6.26. The Morgan fingerprint density at radius 2 is 2.00 bits per heavy atom. The summed E-state index contributed by atoms with van der Waals surface area (Å²) in [7, 11) is -3.14. The quantitative estimate of drug-likeness (QED) is 0.395. The average molecular weight is 236 g/mol. The molecule has 0 aromatic heterocycles. The Bertz CT molecular complexity index is 335. The van der Waals surface area contributed by atoms with Crippen LogP contribution >= 0.6 is 0 Å². The Morgan fingerprint density at radius 1 is 1.40 bits per heavy atom. The highest BCUT2D eigenvalue weighted by Gasteiger charge is 1.98. The number of hydrogen-bond donors (Lipinski definition) is 3. The molecule has 0 atom stereocenters. The van der Waals surface area contributed by atoms with E-state index in [1.807, 2.05) is 0 Å². The maximum Gasteiger partial charge on any atom is 0.328 e. The van der Waals surface area contributed by atoms with E-state index in [1.165, 1.54) is 0 Å². The molecule has 0 radical (unpaired) electrons. The van der Waals surface area contributed by atoms with Crippen LogP contribution in [0.15, 0.2) is 11.6 Å². The molecule has 0 aliphatic heterocycles. The molecule has 0 aliphatic rings. The van der Waals surface area contributed by atoms with Gasteiger partial charge in [-0.05, 0) is 6.92 Å². The molecule has 0 aromatic rings. The number of hydrogen-bond acceptors (Lipinski definition) is 4. The Labute approximate surface area is 89.4 Å². The Morgan fingerprint density at radius 3 is 2.47 bits per heavy atom. The lowest BCUT2D eigenvalue weighted by molar-refractivity contribution is -0.131. The summed E-state index contributed by atoms with van der Waals surface area (Å²) >= 11 is 0. The van der Waals surface area contributed by atoms with Gasteiger partial charge in [-0.3, -0.25) is 0 Å². The highest BCUT2D eigenvalue weighted by molar-refractivity contribution is 7.88. The summed E-state index contributed by atoms with van der Waals surface area (Å²) in [6, 6.07) is 0. The van der Waals surface area contributed by atoms with Crippen molar-refractivity contribution < 1.29 is 18.3 Å². The van der Waals surface area contributed by atoms with E-state index in [9.17, 15) is 13.2 Å². The van der Waals surface area contributed by atoms with Crippen LogP contribution in [0.3, 0.4) is 0 Å². The lowest BCUT2D eigenvalue weighted by Gasteiger charge is -2.04. The molecule has 6 nitrogen and oxygen atoms in total. The van der Waals surface area contributed by atoms with Crippen molar-refractivity contribution in [3.05, 3.63) is 11.6 Å². The average Bonchev–Trinajstić information content (AvgIpc) is 1.99. The van der Waals surface area contributed by atoms with Crippen molar-refractivity contribution in [1.82, 2.24) is 10.0 Å². The van der Waals surface area contributed by atoms with E-state index < -0.39 is 16.0 Å². The Hall–Kier alpha value is -0.920. The van der Waals surface area contributed by atoms with Gasteiger partial charge in [0.05, 0.1) is 6.26 Å². The van der Waals surface area contributed by atoms with Crippen LogP contribution in [0.2, 0.25) is 0 Å². The Kier molecular flexibility index (Phi) is 6.14. The second kappa shape index (κ2) is 6.54. The fourth-order valence-corrected chi connectivity index (χ4v) is 1.35. The van der Waals surface area contributed by atoms with E-state index in [0.717, 1.165) is 12.3 Å². The standard InChI is InChI=1S/C8H16N2O4S/c1-7(5-8(11)12)6-9-3-4-10-15(2,13)14/h5,9-10H,3-4,6H2,1-2H3,(H,11,12). The number of aliphatic carboxylic acids is 1. The molecular weight excluding hydrogens is 220 g/mol. The molecule has 0 rings (SSSR count). The van der Waals surface area contributed by atoms with Crippen LogP contribution in [0.4, 0.5) is 0 Å². The highest BCUT2D eigenvalue weighted by Crippen LogP contribution is 1.88. The second-order valence-electron chi connectivity index (χ2n) is 3.17. The van der Waals surface area contributed by atoms with Gasteiger partial charge in [0.15, 0.2) is 0 Å². The molecule has 15 heavy (non-hydrogen) atoms. The number of sulfonamides is 1. The van der Waals surface area contributed by atoms with Crippen molar-refractivity contribution in [3.63, 3.8) is 0 Å². The molecule has 0 bridgehead atoms. The number of carbonyl (C=O) groups is 1. The first kappa shape index (κ1) is 14.1. The van der Waals surface area contributed by atoms with Gasteiger partial charge in [-0.2, -0.15) is 0 Å². The molecule has 0 heterocycles. The molecule has 0 amide bonds. The van der Waals surface area contributed by atoms with E-state index in [0.29, 0.717) is 25.2 Å². The minimum atomic E-state index is -3.14. The SMILES string of the molecule is CC(=CC(=O)O)CNCCNS(C)(=O)=O. The molecule has 0 aliphatic carbocycles. The van der Waals surface area contributed by atoms with Crippen molar-refractivity contribution >= 4 is 16.0 Å². The van der Waals surface area contributed by atoms with E-state index >= 15 is 0 Å². The minimum absolute atomic E-state index is 0.291. The minimum Gasteiger partial charge on any atom is -0.478 e. The fraction of sp³-hybridized carbons (Fsp3) is 0.625. The van der Waals surface area contributed by atoms with Crippen LogP contribution in [-0.4, -0.2) is 45.4 Å². The van der Waals surface area contributed by atoms with Gasteiger partial charge in [0.1, 0.15) is 0 Å². The third kappa shape index (κ3) is 11.0. The Balaban J connectivity index is 3.60. The van der Waals surface area contributed by atoms with Crippen LogP contribution in [0.1, 0.15) is 6.92 Å². The summed E-state index contributed by atoms with van der Waals surface area (Å²) in [5.74, 6) is -0.983. The van der Waals surface area contributed by atoms with Gasteiger partial charge >= 0.3 is 5.97 Å². The number of rotatable bonds is 7.